The van der Waals surface area contributed by atoms with E-state index in [4.69, 9.17) is 4.42 Å². The molecule has 3 heterocycles. The third-order valence-electron chi connectivity index (χ3n) is 3.51. The van der Waals surface area contributed by atoms with Gasteiger partial charge in [-0.05, 0) is 30.5 Å². The maximum atomic E-state index is 13.1. The summed E-state index contributed by atoms with van der Waals surface area (Å²) in [4.78, 5) is 1.74. The van der Waals surface area contributed by atoms with Crippen LogP contribution in [-0.2, 0) is 12.7 Å². The number of nitrogens with zero attached hydrogens (tertiary/aromatic N) is 4. The summed E-state index contributed by atoms with van der Waals surface area (Å²) in [5.74, 6) is 0.638. The van der Waals surface area contributed by atoms with Gasteiger partial charge in [0.25, 0.3) is 0 Å². The van der Waals surface area contributed by atoms with E-state index in [9.17, 15) is 18.4 Å². The number of alkyl halides is 3. The normalized spacial score (nSPS) is 26.0. The van der Waals surface area contributed by atoms with Gasteiger partial charge < -0.3 is 9.62 Å². The highest BCUT2D eigenvalue weighted by Crippen LogP contribution is 2.38. The fraction of sp³-hybridized carbons (Fsp3) is 0.500. The number of nitrogens with one attached hydrogen (secondary N) is 1. The van der Waals surface area contributed by atoms with Gasteiger partial charge in [-0.2, -0.15) is 13.2 Å². The van der Waals surface area contributed by atoms with Gasteiger partial charge in [0.15, 0.2) is 6.17 Å². The summed E-state index contributed by atoms with van der Waals surface area (Å²) >= 11 is 0.287. The van der Waals surface area contributed by atoms with Gasteiger partial charge in [0, 0.05) is 0 Å². The number of aromatic nitrogens is 2. The Morgan fingerprint density at radius 1 is 1.52 bits per heavy atom. The first-order valence-electron chi connectivity index (χ1n) is 6.73. The van der Waals surface area contributed by atoms with Crippen LogP contribution in [-0.4, -0.2) is 41.5 Å². The minimum Gasteiger partial charge on any atom is -0.623 e. The van der Waals surface area contributed by atoms with Crippen molar-refractivity contribution >= 4 is 16.5 Å². The van der Waals surface area contributed by atoms with Crippen molar-refractivity contribution in [1.82, 2.24) is 25.1 Å². The monoisotopic (exact) mass is 349 g/mol. The Balaban J connectivity index is 1.80. The molecule has 1 aliphatic heterocycles. The number of hydrogen-bond acceptors (Lipinski definition) is 7. The zero-order chi connectivity index (χ0) is 16.7. The molecule has 1 saturated heterocycles. The standard InChI is InChI=1S/C12H14F3N5O2S/c1-19-6-9(16-5-8-3-2-4-22-8)20(21,7-19)11-18-17-10(23-11)12(13,14)15/h2-4,9,16H,5-7H2,1H3. The highest BCUT2D eigenvalue weighted by Gasteiger charge is 2.45. The maximum absolute atomic E-state index is 13.1. The van der Waals surface area contributed by atoms with E-state index in [2.05, 4.69) is 15.5 Å². The first-order valence-corrected chi connectivity index (χ1v) is 7.55. The fourth-order valence-corrected chi connectivity index (χ4v) is 3.25. The van der Waals surface area contributed by atoms with E-state index in [0.717, 1.165) is 0 Å². The summed E-state index contributed by atoms with van der Waals surface area (Å²) in [6.45, 7) is 0.687. The van der Waals surface area contributed by atoms with E-state index < -0.39 is 22.0 Å². The van der Waals surface area contributed by atoms with E-state index in [-0.39, 0.29) is 23.1 Å². The summed E-state index contributed by atoms with van der Waals surface area (Å²) in [5.41, 5.74) is 0. The summed E-state index contributed by atoms with van der Waals surface area (Å²) in [6.07, 6.45) is -3.74. The largest absolute Gasteiger partial charge is 0.623 e. The lowest BCUT2D eigenvalue weighted by molar-refractivity contribution is -0.138. The predicted octanol–water partition coefficient (Wildman–Crippen LogP) is 1.97. The van der Waals surface area contributed by atoms with Gasteiger partial charge in [0.2, 0.25) is 5.01 Å². The Morgan fingerprint density at radius 3 is 2.91 bits per heavy atom. The molecule has 1 N–H and O–H groups in total. The second kappa shape index (κ2) is 5.83. The van der Waals surface area contributed by atoms with Crippen LogP contribution in [0, 0.1) is 5.21 Å². The van der Waals surface area contributed by atoms with Crippen molar-refractivity contribution in [3.63, 3.8) is 0 Å². The van der Waals surface area contributed by atoms with Crippen molar-refractivity contribution in [2.45, 2.75) is 18.9 Å². The van der Waals surface area contributed by atoms with Crippen molar-refractivity contribution in [3.8, 4) is 0 Å². The Kier molecular flexibility index (Phi) is 4.14. The smallest absolute Gasteiger partial charge is 0.445 e. The van der Waals surface area contributed by atoms with Crippen LogP contribution in [0.15, 0.2) is 22.8 Å². The van der Waals surface area contributed by atoms with Gasteiger partial charge in [-0.1, -0.05) is 5.10 Å². The van der Waals surface area contributed by atoms with Crippen LogP contribution < -0.4 is 9.96 Å². The molecular weight excluding hydrogens is 335 g/mol. The average Bonchev–Trinajstić information content (AvgIpc) is 3.15. The number of halogens is 3. The van der Waals surface area contributed by atoms with Gasteiger partial charge >= 0.3 is 11.3 Å². The van der Waals surface area contributed by atoms with Crippen LogP contribution in [0.2, 0.25) is 0 Å². The van der Waals surface area contributed by atoms with Gasteiger partial charge in [0.05, 0.1) is 19.4 Å². The Hall–Kier alpha value is -1.53. The number of furan rings is 1. The van der Waals surface area contributed by atoms with Crippen LogP contribution in [0.1, 0.15) is 10.8 Å². The lowest BCUT2D eigenvalue weighted by atomic mass is 10.4. The second-order valence-corrected chi connectivity index (χ2v) is 6.30. The van der Waals surface area contributed by atoms with Crippen molar-refractivity contribution in [2.75, 3.05) is 20.3 Å². The van der Waals surface area contributed by atoms with E-state index in [1.165, 1.54) is 6.26 Å². The molecule has 2 unspecified atom stereocenters. The molecule has 2 aromatic rings. The van der Waals surface area contributed by atoms with E-state index in [1.54, 1.807) is 24.1 Å². The van der Waals surface area contributed by atoms with Crippen LogP contribution in [0.25, 0.3) is 0 Å². The van der Waals surface area contributed by atoms with Crippen molar-refractivity contribution in [1.29, 1.82) is 0 Å². The molecule has 0 amide bonds. The zero-order valence-electron chi connectivity index (χ0n) is 12.1. The van der Waals surface area contributed by atoms with Gasteiger partial charge in [0.1, 0.15) is 12.4 Å². The molecule has 1 fully saturated rings. The molecule has 3 rings (SSSR count). The van der Waals surface area contributed by atoms with Crippen LogP contribution in [0.4, 0.5) is 18.3 Å². The van der Waals surface area contributed by atoms with E-state index in [1.807, 2.05) is 0 Å². The molecule has 0 radical (unpaired) electrons. The zero-order valence-corrected chi connectivity index (χ0v) is 12.9. The van der Waals surface area contributed by atoms with Crippen molar-refractivity contribution in [3.05, 3.63) is 34.4 Å². The van der Waals surface area contributed by atoms with Crippen LogP contribution in [0.5, 0.6) is 0 Å². The minimum absolute atomic E-state index is 0.00229. The average molecular weight is 349 g/mol. The number of likely N-dealkylation sites (N-methyl/N-ethyl adjacent to an activating group) is 1. The summed E-state index contributed by atoms with van der Waals surface area (Å²) in [7, 11) is 1.73. The number of hydrogen-bond donors (Lipinski definition) is 1. The second-order valence-electron chi connectivity index (χ2n) is 5.34. The molecule has 0 spiro atoms. The highest BCUT2D eigenvalue weighted by atomic mass is 32.1. The number of hydroxylamine groups is 2. The van der Waals surface area contributed by atoms with Crippen LogP contribution >= 0.6 is 11.3 Å². The SMILES string of the molecule is CN1CC(NCc2ccco2)[N+]([O-])(c2nnc(C(F)(F)F)s2)C1. The molecule has 0 aromatic carbocycles. The number of quaternary nitrogens is 1. The summed E-state index contributed by atoms with van der Waals surface area (Å²) < 4.78 is 42.2. The molecule has 2 atom stereocenters. The van der Waals surface area contributed by atoms with Crippen molar-refractivity contribution in [2.24, 2.45) is 0 Å². The van der Waals surface area contributed by atoms with E-state index in [0.29, 0.717) is 18.8 Å². The first kappa shape index (κ1) is 16.3. The van der Waals surface area contributed by atoms with E-state index >= 15 is 0 Å². The molecule has 2 aromatic heterocycles. The molecule has 23 heavy (non-hydrogen) atoms. The van der Waals surface area contributed by atoms with Crippen molar-refractivity contribution < 1.29 is 17.6 Å². The lowest BCUT2D eigenvalue weighted by Crippen LogP contribution is -2.55. The minimum atomic E-state index is -4.60. The maximum Gasteiger partial charge on any atom is 0.445 e. The molecule has 1 aliphatic rings. The lowest BCUT2D eigenvalue weighted by Gasteiger charge is -2.39. The molecule has 0 bridgehead atoms. The summed E-state index contributed by atoms with van der Waals surface area (Å²) in [5, 5.41) is 21.4. The Labute approximate surface area is 133 Å². The molecular formula is C12H14F3N5O2S. The van der Waals surface area contributed by atoms with Gasteiger partial charge in [-0.25, -0.2) is 0 Å². The highest BCUT2D eigenvalue weighted by molar-refractivity contribution is 7.15. The molecule has 11 heteroatoms. The fourth-order valence-electron chi connectivity index (χ4n) is 2.46. The van der Waals surface area contributed by atoms with Crippen LogP contribution in [0.3, 0.4) is 0 Å². The Morgan fingerprint density at radius 2 is 2.30 bits per heavy atom. The quantitative estimate of drug-likeness (QED) is 0.672. The molecule has 0 saturated carbocycles. The topological polar surface area (TPSA) is 77.2 Å². The third-order valence-corrected chi connectivity index (χ3v) is 4.59. The molecule has 126 valence electrons. The molecule has 7 nitrogen and oxygen atoms in total. The number of rotatable bonds is 4. The molecule has 0 aliphatic carbocycles. The van der Waals surface area contributed by atoms with Gasteiger partial charge in [-0.3, -0.25) is 14.9 Å². The third kappa shape index (κ3) is 3.23. The Bertz CT molecular complexity index is 662. The predicted molar refractivity (Wildman–Crippen MR) is 76.9 cm³/mol. The van der Waals surface area contributed by atoms with Gasteiger partial charge in [-0.15, -0.1) is 5.10 Å². The first-order chi connectivity index (χ1) is 10.8. The summed E-state index contributed by atoms with van der Waals surface area (Å²) in [6, 6.07) is 3.47.